The highest BCUT2D eigenvalue weighted by Gasteiger charge is 2.25. The van der Waals surface area contributed by atoms with Gasteiger partial charge in [0.2, 0.25) is 0 Å². The summed E-state index contributed by atoms with van der Waals surface area (Å²) in [5, 5.41) is 0. The van der Waals surface area contributed by atoms with Crippen LogP contribution in [-0.2, 0) is 0 Å². The Labute approximate surface area is 191 Å². The zero-order valence-corrected chi connectivity index (χ0v) is 21.1. The first kappa shape index (κ1) is 29.3. The third-order valence-corrected chi connectivity index (χ3v) is 5.60. The summed E-state index contributed by atoms with van der Waals surface area (Å²) < 4.78 is 25.8. The normalized spacial score (nSPS) is 18.7. The number of halogens is 2. The Morgan fingerprint density at radius 2 is 1.29 bits per heavy atom. The van der Waals surface area contributed by atoms with Crippen molar-refractivity contribution in [3.63, 3.8) is 0 Å². The summed E-state index contributed by atoms with van der Waals surface area (Å²) in [6, 6.07) is 11.9. The minimum Gasteiger partial charge on any atom is -0.207 e. The second-order valence-electron chi connectivity index (χ2n) is 8.15. The molecule has 2 heteroatoms. The van der Waals surface area contributed by atoms with Crippen LogP contribution in [0, 0.1) is 31.4 Å². The van der Waals surface area contributed by atoms with Crippen LogP contribution in [-0.4, -0.2) is 0 Å². The molecule has 0 aliphatic heterocycles. The maximum Gasteiger partial charge on any atom is 0.126 e. The maximum atomic E-state index is 13.6. The van der Waals surface area contributed by atoms with E-state index in [1.54, 1.807) is 18.2 Å². The molecule has 0 spiro atoms. The Bertz CT molecular complexity index is 644. The van der Waals surface area contributed by atoms with E-state index in [1.807, 2.05) is 53.7 Å². The average molecular weight is 433 g/mol. The topological polar surface area (TPSA) is 0 Å². The molecule has 2 fully saturated rings. The molecule has 0 radical (unpaired) electrons. The molecule has 2 unspecified atom stereocenters. The van der Waals surface area contributed by atoms with Crippen molar-refractivity contribution in [1.29, 1.82) is 0 Å². The molecule has 0 saturated heterocycles. The molecular weight excluding hydrogens is 386 g/mol. The van der Waals surface area contributed by atoms with Gasteiger partial charge in [-0.05, 0) is 73.4 Å². The molecule has 2 saturated carbocycles. The summed E-state index contributed by atoms with van der Waals surface area (Å²) in [6.07, 6.45) is 11.1. The van der Waals surface area contributed by atoms with Crippen molar-refractivity contribution < 1.29 is 8.78 Å². The van der Waals surface area contributed by atoms with Crippen molar-refractivity contribution in [2.75, 3.05) is 0 Å². The molecule has 2 atom stereocenters. The van der Waals surface area contributed by atoms with E-state index in [0.717, 1.165) is 35.4 Å². The van der Waals surface area contributed by atoms with Crippen LogP contribution in [0.2, 0.25) is 0 Å². The SMILES string of the molecule is C1CCCC1.CC.CC.Cc1cccc(F)c1.Cc1cccc(F)c1C1CCC(C)C1. The average Bonchev–Trinajstić information content (AvgIpc) is 3.47. The molecule has 0 heterocycles. The van der Waals surface area contributed by atoms with Crippen LogP contribution in [0.25, 0.3) is 0 Å². The second kappa shape index (κ2) is 17.9. The minimum atomic E-state index is -0.162. The molecule has 31 heavy (non-hydrogen) atoms. The van der Waals surface area contributed by atoms with E-state index in [-0.39, 0.29) is 11.6 Å². The summed E-state index contributed by atoms with van der Waals surface area (Å²) in [7, 11) is 0. The van der Waals surface area contributed by atoms with Crippen LogP contribution in [0.15, 0.2) is 42.5 Å². The van der Waals surface area contributed by atoms with Crippen molar-refractivity contribution in [3.8, 4) is 0 Å². The van der Waals surface area contributed by atoms with Gasteiger partial charge in [-0.25, -0.2) is 8.78 Å². The number of hydrogen-bond donors (Lipinski definition) is 0. The third kappa shape index (κ3) is 12.1. The Morgan fingerprint density at radius 3 is 1.68 bits per heavy atom. The van der Waals surface area contributed by atoms with Crippen molar-refractivity contribution in [1.82, 2.24) is 0 Å². The van der Waals surface area contributed by atoms with Crippen molar-refractivity contribution >= 4 is 0 Å². The van der Waals surface area contributed by atoms with Crippen LogP contribution < -0.4 is 0 Å². The van der Waals surface area contributed by atoms with Gasteiger partial charge in [-0.1, -0.05) is 97.4 Å². The standard InChI is InChI=1S/C13H17F.C7H7F.C5H10.2C2H6/c1-9-6-7-11(8-9)13-10(2)4-3-5-12(13)14;1-6-3-2-4-7(8)5-6;1-2-4-5-3-1;2*1-2/h3-5,9,11H,6-8H2,1-2H3;2-5H,1H3;1-5H2;2*1-2H3. The van der Waals surface area contributed by atoms with Crippen LogP contribution in [0.1, 0.15) is 109 Å². The van der Waals surface area contributed by atoms with Gasteiger partial charge in [0.25, 0.3) is 0 Å². The molecule has 4 rings (SSSR count). The molecule has 2 aromatic carbocycles. The minimum absolute atomic E-state index is 0.0101. The molecule has 0 amide bonds. The number of benzene rings is 2. The molecular formula is C29H46F2. The van der Waals surface area contributed by atoms with Gasteiger partial charge >= 0.3 is 0 Å². The van der Waals surface area contributed by atoms with E-state index >= 15 is 0 Å². The van der Waals surface area contributed by atoms with Crippen LogP contribution in [0.5, 0.6) is 0 Å². The lowest BCUT2D eigenvalue weighted by Crippen LogP contribution is -2.00. The fourth-order valence-corrected chi connectivity index (χ4v) is 4.12. The van der Waals surface area contributed by atoms with E-state index in [4.69, 9.17) is 0 Å². The fourth-order valence-electron chi connectivity index (χ4n) is 4.12. The van der Waals surface area contributed by atoms with Crippen molar-refractivity contribution in [2.45, 2.75) is 106 Å². The number of rotatable bonds is 1. The monoisotopic (exact) mass is 432 g/mol. The summed E-state index contributed by atoms with van der Waals surface area (Å²) in [5.74, 6) is 1.05. The second-order valence-corrected chi connectivity index (χ2v) is 8.15. The highest BCUT2D eigenvalue weighted by atomic mass is 19.1. The predicted octanol–water partition coefficient (Wildman–Crippen LogP) is 10.2. The Hall–Kier alpha value is -1.70. The molecule has 2 aromatic rings. The molecule has 0 N–H and O–H groups in total. The van der Waals surface area contributed by atoms with Crippen molar-refractivity contribution in [3.05, 3.63) is 70.8 Å². The Morgan fingerprint density at radius 1 is 0.742 bits per heavy atom. The first-order chi connectivity index (χ1) is 15.0. The molecule has 0 aromatic heterocycles. The fraction of sp³-hybridized carbons (Fsp3) is 0.586. The van der Waals surface area contributed by atoms with E-state index in [2.05, 4.69) is 6.92 Å². The van der Waals surface area contributed by atoms with Gasteiger partial charge in [0, 0.05) is 0 Å². The van der Waals surface area contributed by atoms with Gasteiger partial charge in [-0.15, -0.1) is 0 Å². The molecule has 176 valence electrons. The lowest BCUT2D eigenvalue weighted by molar-refractivity contribution is 0.559. The zero-order chi connectivity index (χ0) is 23.6. The summed E-state index contributed by atoms with van der Waals surface area (Å²) in [4.78, 5) is 0. The smallest absolute Gasteiger partial charge is 0.126 e. The van der Waals surface area contributed by atoms with E-state index < -0.39 is 0 Å². The van der Waals surface area contributed by atoms with Gasteiger partial charge in [0.1, 0.15) is 11.6 Å². The highest BCUT2D eigenvalue weighted by Crippen LogP contribution is 2.40. The van der Waals surface area contributed by atoms with E-state index in [1.165, 1.54) is 50.7 Å². The summed E-state index contributed by atoms with van der Waals surface area (Å²) >= 11 is 0. The summed E-state index contributed by atoms with van der Waals surface area (Å²) in [5.41, 5.74) is 3.05. The lowest BCUT2D eigenvalue weighted by Gasteiger charge is -2.14. The largest absolute Gasteiger partial charge is 0.207 e. The molecule has 0 bridgehead atoms. The van der Waals surface area contributed by atoms with Crippen LogP contribution in [0.4, 0.5) is 8.78 Å². The van der Waals surface area contributed by atoms with Gasteiger partial charge in [0.05, 0.1) is 0 Å². The van der Waals surface area contributed by atoms with Gasteiger partial charge in [-0.3, -0.25) is 0 Å². The molecule has 0 nitrogen and oxygen atoms in total. The maximum absolute atomic E-state index is 13.6. The van der Waals surface area contributed by atoms with Crippen LogP contribution >= 0.6 is 0 Å². The van der Waals surface area contributed by atoms with Gasteiger partial charge < -0.3 is 0 Å². The Kier molecular flexibility index (Phi) is 16.9. The van der Waals surface area contributed by atoms with Crippen LogP contribution in [0.3, 0.4) is 0 Å². The zero-order valence-electron chi connectivity index (χ0n) is 21.1. The Balaban J connectivity index is 0.000000447. The quantitative estimate of drug-likeness (QED) is 0.420. The third-order valence-electron chi connectivity index (χ3n) is 5.60. The van der Waals surface area contributed by atoms with E-state index in [0.29, 0.717) is 5.92 Å². The number of aryl methyl sites for hydroxylation is 2. The van der Waals surface area contributed by atoms with Gasteiger partial charge in [0.15, 0.2) is 0 Å². The summed E-state index contributed by atoms with van der Waals surface area (Å²) in [6.45, 7) is 14.1. The van der Waals surface area contributed by atoms with Crippen molar-refractivity contribution in [2.24, 2.45) is 5.92 Å². The predicted molar refractivity (Wildman–Crippen MR) is 134 cm³/mol. The first-order valence-electron chi connectivity index (χ1n) is 12.4. The van der Waals surface area contributed by atoms with E-state index in [9.17, 15) is 8.78 Å². The molecule has 2 aliphatic carbocycles. The highest BCUT2D eigenvalue weighted by molar-refractivity contribution is 5.31. The first-order valence-corrected chi connectivity index (χ1v) is 12.4. The number of hydrogen-bond acceptors (Lipinski definition) is 0. The lowest BCUT2D eigenvalue weighted by atomic mass is 9.92. The van der Waals surface area contributed by atoms with Gasteiger partial charge in [-0.2, -0.15) is 0 Å². The molecule has 2 aliphatic rings.